The van der Waals surface area contributed by atoms with E-state index in [1.165, 1.54) is 5.56 Å². The van der Waals surface area contributed by atoms with Crippen molar-refractivity contribution < 1.29 is 13.5 Å². The minimum Gasteiger partial charge on any atom is -0.497 e. The van der Waals surface area contributed by atoms with Gasteiger partial charge in [0.05, 0.1) is 18.8 Å². The van der Waals surface area contributed by atoms with Crippen LogP contribution in [0.3, 0.4) is 0 Å². The quantitative estimate of drug-likeness (QED) is 0.664. The van der Waals surface area contributed by atoms with Crippen molar-refractivity contribution >= 4 is 11.6 Å². The summed E-state index contributed by atoms with van der Waals surface area (Å²) in [5.74, 6) is 0.231. The molecule has 0 unspecified atom stereocenters. The van der Waals surface area contributed by atoms with Crippen LogP contribution in [0.1, 0.15) is 24.3 Å². The van der Waals surface area contributed by atoms with Crippen molar-refractivity contribution in [3.63, 3.8) is 0 Å². The van der Waals surface area contributed by atoms with Gasteiger partial charge >= 0.3 is 0 Å². The van der Waals surface area contributed by atoms with E-state index in [9.17, 15) is 8.78 Å². The summed E-state index contributed by atoms with van der Waals surface area (Å²) in [5.41, 5.74) is 6.99. The Kier molecular flexibility index (Phi) is 4.64. The molecule has 6 heteroatoms. The lowest BCUT2D eigenvalue weighted by molar-refractivity contribution is 0.351. The van der Waals surface area contributed by atoms with Crippen LogP contribution in [0.25, 0.3) is 0 Å². The van der Waals surface area contributed by atoms with Gasteiger partial charge in [-0.05, 0) is 48.6 Å². The molecule has 0 bridgehead atoms. The van der Waals surface area contributed by atoms with E-state index in [-0.39, 0.29) is 17.7 Å². The third-order valence-corrected chi connectivity index (χ3v) is 4.19. The predicted molar refractivity (Wildman–Crippen MR) is 90.4 cm³/mol. The first-order valence-electron chi connectivity index (χ1n) is 7.74. The number of aliphatic imine (C=N–C) groups is 1. The van der Waals surface area contributed by atoms with Gasteiger partial charge in [0.15, 0.2) is 5.96 Å². The fraction of sp³-hybridized carbons (Fsp3) is 0.278. The topological polar surface area (TPSA) is 59.6 Å². The zero-order valence-electron chi connectivity index (χ0n) is 13.3. The second kappa shape index (κ2) is 6.86. The van der Waals surface area contributed by atoms with Gasteiger partial charge in [0.1, 0.15) is 17.4 Å². The summed E-state index contributed by atoms with van der Waals surface area (Å²) >= 11 is 0. The van der Waals surface area contributed by atoms with E-state index in [0.717, 1.165) is 36.8 Å². The fourth-order valence-corrected chi connectivity index (χ4v) is 2.82. The highest BCUT2D eigenvalue weighted by atomic mass is 19.1. The molecule has 0 aliphatic heterocycles. The van der Waals surface area contributed by atoms with Crippen LogP contribution < -0.4 is 15.8 Å². The fourth-order valence-electron chi connectivity index (χ4n) is 2.82. The second-order valence-corrected chi connectivity index (χ2v) is 5.86. The van der Waals surface area contributed by atoms with Crippen molar-refractivity contribution in [2.45, 2.75) is 24.8 Å². The molecule has 126 valence electrons. The Morgan fingerprint density at radius 3 is 2.75 bits per heavy atom. The highest BCUT2D eigenvalue weighted by Gasteiger charge is 2.30. The molecule has 0 aromatic heterocycles. The van der Waals surface area contributed by atoms with Crippen molar-refractivity contribution in [1.82, 2.24) is 0 Å². The molecule has 0 atom stereocenters. The molecule has 1 aliphatic rings. The van der Waals surface area contributed by atoms with Crippen molar-refractivity contribution in [2.75, 3.05) is 12.4 Å². The average Bonchev–Trinajstić information content (AvgIpc) is 2.54. The van der Waals surface area contributed by atoms with Gasteiger partial charge < -0.3 is 15.8 Å². The van der Waals surface area contributed by atoms with Crippen LogP contribution in [0, 0.1) is 11.6 Å². The number of nitrogens with two attached hydrogens (primary N) is 1. The van der Waals surface area contributed by atoms with Crippen molar-refractivity contribution in [1.29, 1.82) is 0 Å². The first-order valence-corrected chi connectivity index (χ1v) is 7.74. The van der Waals surface area contributed by atoms with Gasteiger partial charge in [-0.1, -0.05) is 12.1 Å². The number of hydrogen-bond acceptors (Lipinski definition) is 2. The van der Waals surface area contributed by atoms with E-state index in [2.05, 4.69) is 16.4 Å². The van der Waals surface area contributed by atoms with E-state index >= 15 is 0 Å². The SMILES string of the molecule is COc1cccc(C2CC(N=C(N)Nc3cc(F)ccc3F)C2)c1. The smallest absolute Gasteiger partial charge is 0.193 e. The number of hydrogen-bond donors (Lipinski definition) is 2. The molecule has 24 heavy (non-hydrogen) atoms. The molecule has 1 aliphatic carbocycles. The summed E-state index contributed by atoms with van der Waals surface area (Å²) in [4.78, 5) is 4.33. The number of nitrogens with one attached hydrogen (secondary N) is 1. The Bertz CT molecular complexity index is 758. The zero-order chi connectivity index (χ0) is 17.1. The molecule has 0 radical (unpaired) electrons. The number of nitrogens with zero attached hydrogens (tertiary/aromatic N) is 1. The monoisotopic (exact) mass is 331 g/mol. The molecule has 3 N–H and O–H groups in total. The maximum Gasteiger partial charge on any atom is 0.193 e. The number of guanidine groups is 1. The largest absolute Gasteiger partial charge is 0.497 e. The van der Waals surface area contributed by atoms with E-state index in [4.69, 9.17) is 10.5 Å². The van der Waals surface area contributed by atoms with Crippen LogP contribution in [0.2, 0.25) is 0 Å². The second-order valence-electron chi connectivity index (χ2n) is 5.86. The van der Waals surface area contributed by atoms with Gasteiger partial charge in [-0.15, -0.1) is 0 Å². The molecule has 0 amide bonds. The molecule has 0 saturated heterocycles. The molecule has 3 rings (SSSR count). The van der Waals surface area contributed by atoms with Gasteiger partial charge in [-0.25, -0.2) is 13.8 Å². The highest BCUT2D eigenvalue weighted by Crippen LogP contribution is 2.39. The van der Waals surface area contributed by atoms with Crippen LogP contribution in [-0.4, -0.2) is 19.1 Å². The summed E-state index contributed by atoms with van der Waals surface area (Å²) in [7, 11) is 1.64. The van der Waals surface area contributed by atoms with Crippen molar-refractivity contribution in [3.8, 4) is 5.75 Å². The Balaban J connectivity index is 1.59. The molecule has 4 nitrogen and oxygen atoms in total. The normalized spacial score (nSPS) is 20.4. The van der Waals surface area contributed by atoms with E-state index in [1.807, 2.05) is 18.2 Å². The number of ether oxygens (including phenoxy) is 1. The van der Waals surface area contributed by atoms with Gasteiger partial charge in [-0.3, -0.25) is 0 Å². The summed E-state index contributed by atoms with van der Waals surface area (Å²) < 4.78 is 31.9. The molecule has 2 aromatic rings. The Hall–Kier alpha value is -2.63. The molecular weight excluding hydrogens is 312 g/mol. The Morgan fingerprint density at radius 2 is 2.00 bits per heavy atom. The standard InChI is InChI=1S/C18H19F2N3O/c1-24-15-4-2-3-11(9-15)12-7-14(8-12)22-18(21)23-17-10-13(19)5-6-16(17)20/h2-6,9-10,12,14H,7-8H2,1H3,(H3,21,22,23). The first-order chi connectivity index (χ1) is 11.5. The van der Waals surface area contributed by atoms with Crippen LogP contribution in [0.4, 0.5) is 14.5 Å². The number of benzene rings is 2. The van der Waals surface area contributed by atoms with Gasteiger partial charge in [0.25, 0.3) is 0 Å². The average molecular weight is 331 g/mol. The van der Waals surface area contributed by atoms with Gasteiger partial charge in [0.2, 0.25) is 0 Å². The van der Waals surface area contributed by atoms with E-state index in [0.29, 0.717) is 5.92 Å². The van der Waals surface area contributed by atoms with Gasteiger partial charge in [0, 0.05) is 6.07 Å². The number of halogens is 2. The third kappa shape index (κ3) is 3.64. The maximum atomic E-state index is 13.6. The van der Waals surface area contributed by atoms with Crippen LogP contribution in [-0.2, 0) is 0 Å². The minimum absolute atomic E-state index is 0.0140. The zero-order valence-corrected chi connectivity index (χ0v) is 13.3. The van der Waals surface area contributed by atoms with Crippen LogP contribution in [0.15, 0.2) is 47.5 Å². The summed E-state index contributed by atoms with van der Waals surface area (Å²) in [6.07, 6.45) is 1.72. The number of rotatable bonds is 4. The number of anilines is 1. The molecule has 0 spiro atoms. The van der Waals surface area contributed by atoms with Crippen LogP contribution in [0.5, 0.6) is 5.75 Å². The predicted octanol–water partition coefficient (Wildman–Crippen LogP) is 3.65. The highest BCUT2D eigenvalue weighted by molar-refractivity contribution is 5.92. The lowest BCUT2D eigenvalue weighted by Crippen LogP contribution is -2.31. The Labute approximate surface area is 139 Å². The summed E-state index contributed by atoms with van der Waals surface area (Å²) in [6.45, 7) is 0. The molecule has 2 aromatic carbocycles. The summed E-state index contributed by atoms with van der Waals surface area (Å²) in [5, 5.41) is 2.62. The molecule has 1 fully saturated rings. The molecule has 0 heterocycles. The first kappa shape index (κ1) is 16.2. The van der Waals surface area contributed by atoms with E-state index in [1.54, 1.807) is 7.11 Å². The van der Waals surface area contributed by atoms with E-state index < -0.39 is 11.6 Å². The lowest BCUT2D eigenvalue weighted by atomic mass is 9.76. The third-order valence-electron chi connectivity index (χ3n) is 4.19. The minimum atomic E-state index is -0.572. The lowest BCUT2D eigenvalue weighted by Gasteiger charge is -2.33. The van der Waals surface area contributed by atoms with Crippen LogP contribution >= 0.6 is 0 Å². The van der Waals surface area contributed by atoms with Gasteiger partial charge in [-0.2, -0.15) is 0 Å². The molecular formula is C18H19F2N3O. The maximum absolute atomic E-state index is 13.6. The molecule has 1 saturated carbocycles. The van der Waals surface area contributed by atoms with Crippen molar-refractivity contribution in [3.05, 3.63) is 59.7 Å². The van der Waals surface area contributed by atoms with Crippen molar-refractivity contribution in [2.24, 2.45) is 10.7 Å². The Morgan fingerprint density at radius 1 is 1.21 bits per heavy atom. The number of methoxy groups -OCH3 is 1. The summed E-state index contributed by atoms with van der Waals surface area (Å²) in [6, 6.07) is 11.2.